The zero-order valence-electron chi connectivity index (χ0n) is 11.0. The molecule has 0 aliphatic carbocycles. The van der Waals surface area contributed by atoms with Gasteiger partial charge in [-0.1, -0.05) is 23.2 Å². The summed E-state index contributed by atoms with van der Waals surface area (Å²) in [5.41, 5.74) is 3.56. The minimum absolute atomic E-state index is 0.460. The molecule has 0 fully saturated rings. The van der Waals surface area contributed by atoms with Crippen LogP contribution in [0.25, 0.3) is 11.4 Å². The first-order chi connectivity index (χ1) is 8.99. The highest BCUT2D eigenvalue weighted by Crippen LogP contribution is 2.32. The molecule has 0 amide bonds. The van der Waals surface area contributed by atoms with Gasteiger partial charge in [-0.3, -0.25) is 4.68 Å². The summed E-state index contributed by atoms with van der Waals surface area (Å²) < 4.78 is 1.70. The van der Waals surface area contributed by atoms with Crippen LogP contribution >= 0.6 is 23.2 Å². The van der Waals surface area contributed by atoms with Crippen LogP contribution in [-0.4, -0.2) is 14.8 Å². The highest BCUT2D eigenvalue weighted by molar-refractivity contribution is 6.34. The van der Waals surface area contributed by atoms with Gasteiger partial charge in [0.15, 0.2) is 0 Å². The summed E-state index contributed by atoms with van der Waals surface area (Å²) in [5.74, 6) is 2.57. The first kappa shape index (κ1) is 13.9. The van der Waals surface area contributed by atoms with Crippen molar-refractivity contribution < 1.29 is 0 Å². The van der Waals surface area contributed by atoms with E-state index in [-0.39, 0.29) is 0 Å². The van der Waals surface area contributed by atoms with Gasteiger partial charge in [-0.05, 0) is 38.3 Å². The van der Waals surface area contributed by atoms with Gasteiger partial charge in [-0.25, -0.2) is 4.98 Å². The van der Waals surface area contributed by atoms with Crippen LogP contribution in [0.5, 0.6) is 0 Å². The van der Waals surface area contributed by atoms with Crippen molar-refractivity contribution in [1.29, 1.82) is 0 Å². The normalized spacial score (nSPS) is 10.5. The largest absolute Gasteiger partial charge is 0.255 e. The number of pyridine rings is 1. The van der Waals surface area contributed by atoms with Crippen molar-refractivity contribution in [2.45, 2.75) is 27.3 Å². The lowest BCUT2D eigenvalue weighted by molar-refractivity contribution is 0.654. The molecule has 0 radical (unpaired) electrons. The average Bonchev–Trinajstić information content (AvgIpc) is 2.70. The number of hydrogen-bond acceptors (Lipinski definition) is 2. The Kier molecular flexibility index (Phi) is 3.84. The van der Waals surface area contributed by atoms with Gasteiger partial charge < -0.3 is 0 Å². The molecule has 0 spiro atoms. The Balaban J connectivity index is 2.70. The molecular formula is C14H13Cl2N3. The van der Waals surface area contributed by atoms with E-state index < -0.39 is 0 Å². The van der Waals surface area contributed by atoms with Gasteiger partial charge in [-0.15, -0.1) is 6.42 Å². The van der Waals surface area contributed by atoms with Crippen molar-refractivity contribution >= 4 is 23.2 Å². The Hall–Kier alpha value is -1.50. The molecule has 0 aliphatic rings. The van der Waals surface area contributed by atoms with Crippen molar-refractivity contribution in [1.82, 2.24) is 14.8 Å². The van der Waals surface area contributed by atoms with E-state index in [1.54, 1.807) is 4.68 Å². The van der Waals surface area contributed by atoms with Gasteiger partial charge in [0, 0.05) is 6.54 Å². The first-order valence-electron chi connectivity index (χ1n) is 5.86. The maximum atomic E-state index is 6.31. The van der Waals surface area contributed by atoms with E-state index >= 15 is 0 Å². The van der Waals surface area contributed by atoms with Gasteiger partial charge in [-0.2, -0.15) is 5.10 Å². The lowest BCUT2D eigenvalue weighted by Crippen LogP contribution is -2.00. The second-order valence-corrected chi connectivity index (χ2v) is 4.98. The van der Waals surface area contributed by atoms with Crippen molar-refractivity contribution in [2.75, 3.05) is 0 Å². The smallest absolute Gasteiger partial charge is 0.131 e. The molecule has 98 valence electrons. The molecule has 2 aromatic heterocycles. The molecule has 0 saturated carbocycles. The van der Waals surface area contributed by atoms with Gasteiger partial charge in [0.05, 0.1) is 16.4 Å². The number of hydrogen-bond donors (Lipinski definition) is 0. The summed E-state index contributed by atoms with van der Waals surface area (Å²) in [4.78, 5) is 4.47. The van der Waals surface area contributed by atoms with Crippen molar-refractivity contribution in [2.24, 2.45) is 0 Å². The second-order valence-electron chi connectivity index (χ2n) is 4.19. The molecule has 19 heavy (non-hydrogen) atoms. The molecule has 0 bridgehead atoms. The van der Waals surface area contributed by atoms with Crippen LogP contribution in [0.3, 0.4) is 0 Å². The number of rotatable bonds is 2. The van der Waals surface area contributed by atoms with Crippen LogP contribution < -0.4 is 0 Å². The Morgan fingerprint density at radius 2 is 2.00 bits per heavy atom. The molecule has 2 heterocycles. The van der Waals surface area contributed by atoms with Gasteiger partial charge >= 0.3 is 0 Å². The molecule has 3 nitrogen and oxygen atoms in total. The quantitative estimate of drug-likeness (QED) is 0.787. The standard InChI is InChI=1S/C14H13Cl2N3/c1-5-11-12(16)14(18-19(11)6-2)13-8(3)7-10(15)9(4)17-13/h1,7H,6H2,2-4H3. The van der Waals surface area contributed by atoms with E-state index in [1.165, 1.54) is 0 Å². The third kappa shape index (κ3) is 2.34. The van der Waals surface area contributed by atoms with E-state index in [0.29, 0.717) is 28.0 Å². The summed E-state index contributed by atoms with van der Waals surface area (Å²) in [6.07, 6.45) is 5.47. The Labute approximate surface area is 122 Å². The second kappa shape index (κ2) is 5.24. The minimum Gasteiger partial charge on any atom is -0.255 e. The lowest BCUT2D eigenvalue weighted by Gasteiger charge is -2.05. The minimum atomic E-state index is 0.460. The molecular weight excluding hydrogens is 281 g/mol. The van der Waals surface area contributed by atoms with E-state index in [2.05, 4.69) is 16.0 Å². The van der Waals surface area contributed by atoms with Crippen LogP contribution in [-0.2, 0) is 6.54 Å². The fraction of sp³-hybridized carbons (Fsp3) is 0.286. The Bertz CT molecular complexity index is 681. The van der Waals surface area contributed by atoms with E-state index in [9.17, 15) is 0 Å². The maximum absolute atomic E-state index is 6.31. The van der Waals surface area contributed by atoms with Crippen LogP contribution in [0.4, 0.5) is 0 Å². The van der Waals surface area contributed by atoms with E-state index in [4.69, 9.17) is 29.6 Å². The van der Waals surface area contributed by atoms with Crippen LogP contribution in [0, 0.1) is 26.2 Å². The fourth-order valence-corrected chi connectivity index (χ4v) is 2.36. The summed E-state index contributed by atoms with van der Waals surface area (Å²) in [5, 5.41) is 5.53. The van der Waals surface area contributed by atoms with Gasteiger partial charge in [0.1, 0.15) is 16.4 Å². The third-order valence-electron chi connectivity index (χ3n) is 2.90. The highest BCUT2D eigenvalue weighted by Gasteiger charge is 2.19. The summed E-state index contributed by atoms with van der Waals surface area (Å²) in [6.45, 7) is 6.38. The number of halogens is 2. The van der Waals surface area contributed by atoms with Gasteiger partial charge in [0.25, 0.3) is 0 Å². The zero-order valence-corrected chi connectivity index (χ0v) is 12.5. The molecule has 0 aromatic carbocycles. The predicted octanol–water partition coefficient (Wildman–Crippen LogP) is 3.87. The Morgan fingerprint density at radius 1 is 1.32 bits per heavy atom. The topological polar surface area (TPSA) is 30.7 Å². The van der Waals surface area contributed by atoms with Crippen molar-refractivity contribution in [3.05, 3.63) is 33.1 Å². The summed E-state index contributed by atoms with van der Waals surface area (Å²) >= 11 is 12.4. The molecule has 0 saturated heterocycles. The number of aromatic nitrogens is 3. The molecule has 5 heteroatoms. The molecule has 2 rings (SSSR count). The first-order valence-corrected chi connectivity index (χ1v) is 6.62. The van der Waals surface area contributed by atoms with Crippen LogP contribution in [0.1, 0.15) is 23.9 Å². The SMILES string of the molecule is C#Cc1c(Cl)c(-c2nc(C)c(Cl)cc2C)nn1CC. The predicted molar refractivity (Wildman–Crippen MR) is 78.6 cm³/mol. The van der Waals surface area contributed by atoms with E-state index in [0.717, 1.165) is 17.0 Å². The monoisotopic (exact) mass is 293 g/mol. The van der Waals surface area contributed by atoms with E-state index in [1.807, 2.05) is 26.8 Å². The molecule has 0 N–H and O–H groups in total. The lowest BCUT2D eigenvalue weighted by atomic mass is 10.1. The maximum Gasteiger partial charge on any atom is 0.131 e. The third-order valence-corrected chi connectivity index (χ3v) is 3.64. The molecule has 0 atom stereocenters. The zero-order chi connectivity index (χ0) is 14.2. The number of nitrogens with zero attached hydrogens (tertiary/aromatic N) is 3. The van der Waals surface area contributed by atoms with Crippen LogP contribution in [0.15, 0.2) is 6.07 Å². The number of terminal acetylenes is 1. The average molecular weight is 294 g/mol. The molecule has 0 unspecified atom stereocenters. The summed E-state index contributed by atoms with van der Waals surface area (Å²) in [7, 11) is 0. The fourth-order valence-electron chi connectivity index (χ4n) is 1.87. The van der Waals surface area contributed by atoms with Crippen molar-refractivity contribution in [3.63, 3.8) is 0 Å². The molecule has 2 aromatic rings. The van der Waals surface area contributed by atoms with Gasteiger partial charge in [0.2, 0.25) is 0 Å². The summed E-state index contributed by atoms with van der Waals surface area (Å²) in [6, 6.07) is 1.86. The van der Waals surface area contributed by atoms with Crippen molar-refractivity contribution in [3.8, 4) is 23.7 Å². The Morgan fingerprint density at radius 3 is 2.53 bits per heavy atom. The van der Waals surface area contributed by atoms with Crippen LogP contribution in [0.2, 0.25) is 10.0 Å². The highest BCUT2D eigenvalue weighted by atomic mass is 35.5. The number of aryl methyl sites for hydroxylation is 3. The molecule has 0 aliphatic heterocycles.